The van der Waals surface area contributed by atoms with E-state index in [9.17, 15) is 0 Å². The largest absolute Gasteiger partial charge is 0.379 e. The second-order valence-corrected chi connectivity index (χ2v) is 4.73. The maximum atomic E-state index is 5.86. The number of aromatic amines is 1. The molecule has 1 aromatic heterocycles. The topological polar surface area (TPSA) is 51.0 Å². The lowest BCUT2D eigenvalue weighted by Gasteiger charge is -2.41. The summed E-state index contributed by atoms with van der Waals surface area (Å²) in [6.07, 6.45) is 0. The Kier molecular flexibility index (Phi) is 2.06. The van der Waals surface area contributed by atoms with Crippen LogP contribution in [0.4, 0.5) is 0 Å². The lowest BCUT2D eigenvalue weighted by molar-refractivity contribution is -0.0549. The molecule has 2 aromatic rings. The number of hydrogen-bond acceptors (Lipinski definition) is 2. The van der Waals surface area contributed by atoms with Crippen molar-refractivity contribution >= 4 is 10.9 Å². The third kappa shape index (κ3) is 1.29. The van der Waals surface area contributed by atoms with E-state index in [2.05, 4.69) is 36.2 Å². The van der Waals surface area contributed by atoms with Crippen molar-refractivity contribution in [1.82, 2.24) is 4.98 Å². The van der Waals surface area contributed by atoms with E-state index in [1.807, 2.05) is 0 Å². The fourth-order valence-corrected chi connectivity index (χ4v) is 2.36. The van der Waals surface area contributed by atoms with Gasteiger partial charge in [0.05, 0.1) is 18.6 Å². The van der Waals surface area contributed by atoms with Crippen LogP contribution in [0, 0.1) is 6.92 Å². The highest BCUT2D eigenvalue weighted by molar-refractivity contribution is 5.81. The Morgan fingerprint density at radius 1 is 1.38 bits per heavy atom. The summed E-state index contributed by atoms with van der Waals surface area (Å²) >= 11 is 0. The van der Waals surface area contributed by atoms with E-state index in [1.165, 1.54) is 22.2 Å². The normalized spacial score (nSPS) is 18.6. The van der Waals surface area contributed by atoms with E-state index in [-0.39, 0.29) is 5.41 Å². The third-order valence-corrected chi connectivity index (χ3v) is 3.52. The molecule has 3 N–H and O–H groups in total. The maximum Gasteiger partial charge on any atom is 0.0597 e. The monoisotopic (exact) mass is 216 g/mol. The van der Waals surface area contributed by atoms with Gasteiger partial charge in [0.25, 0.3) is 0 Å². The molecule has 84 valence electrons. The average molecular weight is 216 g/mol. The highest BCUT2D eigenvalue weighted by atomic mass is 16.5. The smallest absolute Gasteiger partial charge is 0.0597 e. The molecule has 3 nitrogen and oxygen atoms in total. The van der Waals surface area contributed by atoms with Crippen LogP contribution in [0.1, 0.15) is 11.3 Å². The first kappa shape index (κ1) is 9.87. The molecule has 0 saturated carbocycles. The van der Waals surface area contributed by atoms with Crippen LogP contribution in [0.2, 0.25) is 0 Å². The molecule has 0 unspecified atom stereocenters. The molecule has 0 atom stereocenters. The molecule has 1 aliphatic rings. The van der Waals surface area contributed by atoms with Crippen molar-refractivity contribution in [3.8, 4) is 0 Å². The van der Waals surface area contributed by atoms with Gasteiger partial charge in [0, 0.05) is 17.8 Å². The Labute approximate surface area is 94.6 Å². The predicted molar refractivity (Wildman–Crippen MR) is 64.6 cm³/mol. The summed E-state index contributed by atoms with van der Waals surface area (Å²) in [7, 11) is 0. The molecule has 0 aliphatic carbocycles. The summed E-state index contributed by atoms with van der Waals surface area (Å²) in [6, 6.07) is 8.69. The van der Waals surface area contributed by atoms with Crippen LogP contribution in [-0.2, 0) is 10.2 Å². The van der Waals surface area contributed by atoms with Crippen LogP contribution in [-0.4, -0.2) is 24.7 Å². The lowest BCUT2D eigenvalue weighted by Crippen LogP contribution is -2.52. The highest BCUT2D eigenvalue weighted by Crippen LogP contribution is 2.33. The molecule has 2 heterocycles. The zero-order valence-electron chi connectivity index (χ0n) is 9.42. The Balaban J connectivity index is 2.10. The SMILES string of the molecule is Cc1cc2cc(C3(CN)COC3)ccc2[nH]1. The fraction of sp³-hybridized carbons (Fsp3) is 0.385. The van der Waals surface area contributed by atoms with Crippen LogP contribution in [0.15, 0.2) is 24.3 Å². The van der Waals surface area contributed by atoms with Crippen molar-refractivity contribution in [3.63, 3.8) is 0 Å². The molecule has 1 fully saturated rings. The zero-order valence-corrected chi connectivity index (χ0v) is 9.42. The van der Waals surface area contributed by atoms with Crippen molar-refractivity contribution in [2.75, 3.05) is 19.8 Å². The average Bonchev–Trinajstić information content (AvgIpc) is 2.56. The van der Waals surface area contributed by atoms with E-state index in [1.54, 1.807) is 0 Å². The second kappa shape index (κ2) is 3.34. The Hall–Kier alpha value is -1.32. The lowest BCUT2D eigenvalue weighted by atomic mass is 9.78. The molecular weight excluding hydrogens is 200 g/mol. The van der Waals surface area contributed by atoms with Gasteiger partial charge in [-0.1, -0.05) is 6.07 Å². The summed E-state index contributed by atoms with van der Waals surface area (Å²) < 4.78 is 5.31. The molecule has 0 amide bonds. The van der Waals surface area contributed by atoms with E-state index in [4.69, 9.17) is 10.5 Å². The van der Waals surface area contributed by atoms with Gasteiger partial charge in [-0.2, -0.15) is 0 Å². The molecule has 3 heteroatoms. The van der Waals surface area contributed by atoms with Gasteiger partial charge in [-0.05, 0) is 36.1 Å². The third-order valence-electron chi connectivity index (χ3n) is 3.52. The minimum absolute atomic E-state index is 0.0549. The number of nitrogens with one attached hydrogen (secondary N) is 1. The fourth-order valence-electron chi connectivity index (χ4n) is 2.36. The van der Waals surface area contributed by atoms with Gasteiger partial charge < -0.3 is 15.5 Å². The van der Waals surface area contributed by atoms with Gasteiger partial charge in [-0.25, -0.2) is 0 Å². The minimum Gasteiger partial charge on any atom is -0.379 e. The summed E-state index contributed by atoms with van der Waals surface area (Å²) in [5.41, 5.74) is 9.60. The van der Waals surface area contributed by atoms with Gasteiger partial charge in [-0.15, -0.1) is 0 Å². The van der Waals surface area contributed by atoms with Crippen LogP contribution in [0.25, 0.3) is 10.9 Å². The van der Waals surface area contributed by atoms with Gasteiger partial charge >= 0.3 is 0 Å². The van der Waals surface area contributed by atoms with Crippen molar-refractivity contribution in [1.29, 1.82) is 0 Å². The van der Waals surface area contributed by atoms with Crippen LogP contribution in [0.3, 0.4) is 0 Å². The molecule has 0 spiro atoms. The summed E-state index contributed by atoms with van der Waals surface area (Å²) in [5, 5.41) is 1.26. The zero-order chi connectivity index (χ0) is 11.2. The molecule has 1 aliphatic heterocycles. The molecule has 0 bridgehead atoms. The van der Waals surface area contributed by atoms with E-state index in [0.717, 1.165) is 13.2 Å². The van der Waals surface area contributed by atoms with E-state index < -0.39 is 0 Å². The Bertz CT molecular complexity index is 520. The van der Waals surface area contributed by atoms with Crippen molar-refractivity contribution in [3.05, 3.63) is 35.5 Å². The van der Waals surface area contributed by atoms with Gasteiger partial charge in [-0.3, -0.25) is 0 Å². The number of hydrogen-bond donors (Lipinski definition) is 2. The molecule has 16 heavy (non-hydrogen) atoms. The van der Waals surface area contributed by atoms with Crippen LogP contribution >= 0.6 is 0 Å². The molecular formula is C13H16N2O. The van der Waals surface area contributed by atoms with Gasteiger partial charge in [0.1, 0.15) is 0 Å². The first-order valence-corrected chi connectivity index (χ1v) is 5.61. The number of aromatic nitrogens is 1. The van der Waals surface area contributed by atoms with Crippen LogP contribution < -0.4 is 5.73 Å². The molecule has 1 saturated heterocycles. The number of benzene rings is 1. The number of nitrogens with two attached hydrogens (primary N) is 1. The van der Waals surface area contributed by atoms with Gasteiger partial charge in [0.15, 0.2) is 0 Å². The van der Waals surface area contributed by atoms with Gasteiger partial charge in [0.2, 0.25) is 0 Å². The molecule has 0 radical (unpaired) electrons. The van der Waals surface area contributed by atoms with Crippen LogP contribution in [0.5, 0.6) is 0 Å². The summed E-state index contributed by atoms with van der Waals surface area (Å²) in [4.78, 5) is 3.33. The molecule has 1 aromatic carbocycles. The first-order valence-electron chi connectivity index (χ1n) is 5.61. The standard InChI is InChI=1S/C13H16N2O/c1-9-4-10-5-11(2-3-12(10)15-9)13(6-14)7-16-8-13/h2-5,15H,6-8,14H2,1H3. The predicted octanol–water partition coefficient (Wildman–Crippen LogP) is 1.70. The minimum atomic E-state index is 0.0549. The summed E-state index contributed by atoms with van der Waals surface area (Å²) in [6.45, 7) is 4.23. The van der Waals surface area contributed by atoms with E-state index in [0.29, 0.717) is 6.54 Å². The quantitative estimate of drug-likeness (QED) is 0.802. The van der Waals surface area contributed by atoms with Crippen molar-refractivity contribution < 1.29 is 4.74 Å². The Morgan fingerprint density at radius 2 is 2.19 bits per heavy atom. The summed E-state index contributed by atoms with van der Waals surface area (Å²) in [5.74, 6) is 0. The molecule has 3 rings (SSSR count). The first-order chi connectivity index (χ1) is 7.73. The number of H-pyrrole nitrogens is 1. The van der Waals surface area contributed by atoms with Crippen molar-refractivity contribution in [2.24, 2.45) is 5.73 Å². The number of aryl methyl sites for hydroxylation is 1. The maximum absolute atomic E-state index is 5.86. The van der Waals surface area contributed by atoms with E-state index >= 15 is 0 Å². The number of fused-ring (bicyclic) bond motifs is 1. The Morgan fingerprint density at radius 3 is 2.81 bits per heavy atom. The number of rotatable bonds is 2. The number of ether oxygens (including phenoxy) is 1. The second-order valence-electron chi connectivity index (χ2n) is 4.73. The van der Waals surface area contributed by atoms with Crippen molar-refractivity contribution in [2.45, 2.75) is 12.3 Å². The highest BCUT2D eigenvalue weighted by Gasteiger charge is 2.39.